The van der Waals surface area contributed by atoms with Gasteiger partial charge in [0.15, 0.2) is 0 Å². The van der Waals surface area contributed by atoms with Crippen molar-refractivity contribution >= 4 is 5.97 Å². The Hall–Kier alpha value is -1.36. The quantitative estimate of drug-likeness (QED) is 0.793. The minimum Gasteiger partial charge on any atom is -0.467 e. The van der Waals surface area contributed by atoms with Gasteiger partial charge in [-0.05, 0) is 19.3 Å². The summed E-state index contributed by atoms with van der Waals surface area (Å²) in [6, 6.07) is -0.500. The summed E-state index contributed by atoms with van der Waals surface area (Å²) < 4.78 is 6.66. The molecule has 0 amide bonds. The van der Waals surface area contributed by atoms with Gasteiger partial charge in [0.1, 0.15) is 6.04 Å². The maximum Gasteiger partial charge on any atom is 0.328 e. The molecule has 5 nitrogen and oxygen atoms in total. The number of esters is 1. The van der Waals surface area contributed by atoms with E-state index < -0.39 is 0 Å². The van der Waals surface area contributed by atoms with Crippen molar-refractivity contribution in [1.82, 2.24) is 9.55 Å². The van der Waals surface area contributed by atoms with E-state index in [0.717, 1.165) is 5.69 Å². The number of hydrogen-bond donors (Lipinski definition) is 1. The van der Waals surface area contributed by atoms with Gasteiger partial charge < -0.3 is 15.0 Å². The lowest BCUT2D eigenvalue weighted by Crippen LogP contribution is -2.25. The van der Waals surface area contributed by atoms with Crippen LogP contribution in [-0.4, -0.2) is 22.6 Å². The van der Waals surface area contributed by atoms with Gasteiger partial charge in [-0.1, -0.05) is 13.8 Å². The summed E-state index contributed by atoms with van der Waals surface area (Å²) in [5.74, 6) is 0.140. The van der Waals surface area contributed by atoms with Crippen LogP contribution in [0.1, 0.15) is 45.0 Å². The summed E-state index contributed by atoms with van der Waals surface area (Å²) in [5, 5.41) is 0. The lowest BCUT2D eigenvalue weighted by Gasteiger charge is -2.21. The molecule has 0 spiro atoms. The number of carbonyl (C=O) groups excluding carboxylic acids is 1. The van der Waals surface area contributed by atoms with Gasteiger partial charge in [0.25, 0.3) is 0 Å². The first-order valence-corrected chi connectivity index (χ1v) is 5.82. The zero-order chi connectivity index (χ0) is 13.0. The fraction of sp³-hybridized carbons (Fsp3) is 0.667. The van der Waals surface area contributed by atoms with Crippen LogP contribution in [0.15, 0.2) is 12.5 Å². The van der Waals surface area contributed by atoms with E-state index in [9.17, 15) is 4.79 Å². The van der Waals surface area contributed by atoms with Gasteiger partial charge in [-0.3, -0.25) is 0 Å². The molecule has 2 atom stereocenters. The number of ether oxygens (including phenoxy) is 1. The van der Waals surface area contributed by atoms with Crippen LogP contribution in [0.4, 0.5) is 0 Å². The third-order valence-corrected chi connectivity index (χ3v) is 2.67. The molecule has 0 saturated carbocycles. The first kappa shape index (κ1) is 13.7. The van der Waals surface area contributed by atoms with E-state index in [4.69, 9.17) is 10.5 Å². The molecule has 96 valence electrons. The van der Waals surface area contributed by atoms with Gasteiger partial charge in [0, 0.05) is 12.2 Å². The van der Waals surface area contributed by atoms with Gasteiger partial charge in [0.2, 0.25) is 0 Å². The minimum absolute atomic E-state index is 0.156. The molecular weight excluding hydrogens is 218 g/mol. The normalized spacial score (nSPS) is 14.7. The Labute approximate surface area is 102 Å². The van der Waals surface area contributed by atoms with Gasteiger partial charge in [-0.15, -0.1) is 0 Å². The van der Waals surface area contributed by atoms with Crippen molar-refractivity contribution in [3.63, 3.8) is 0 Å². The molecule has 0 fully saturated rings. The van der Waals surface area contributed by atoms with Gasteiger partial charge in [0.05, 0.1) is 19.1 Å². The largest absolute Gasteiger partial charge is 0.467 e. The van der Waals surface area contributed by atoms with Crippen molar-refractivity contribution in [2.75, 3.05) is 7.11 Å². The van der Waals surface area contributed by atoms with Crippen LogP contribution in [-0.2, 0) is 9.53 Å². The predicted octanol–water partition coefficient (Wildman–Crippen LogP) is 1.66. The number of methoxy groups -OCH3 is 1. The molecule has 1 heterocycles. The van der Waals surface area contributed by atoms with Gasteiger partial charge >= 0.3 is 5.97 Å². The number of nitrogens with two attached hydrogens (primary N) is 1. The van der Waals surface area contributed by atoms with Gasteiger partial charge in [-0.25, -0.2) is 9.78 Å². The van der Waals surface area contributed by atoms with Crippen LogP contribution in [0, 0.1) is 5.92 Å². The molecule has 0 aliphatic carbocycles. The Morgan fingerprint density at radius 2 is 2.18 bits per heavy atom. The third kappa shape index (κ3) is 3.30. The zero-order valence-corrected chi connectivity index (χ0v) is 10.9. The summed E-state index contributed by atoms with van der Waals surface area (Å²) in [4.78, 5) is 15.9. The number of rotatable bonds is 5. The molecule has 5 heteroatoms. The summed E-state index contributed by atoms with van der Waals surface area (Å²) in [5.41, 5.74) is 6.70. The molecule has 1 aromatic rings. The van der Waals surface area contributed by atoms with Crippen molar-refractivity contribution in [2.24, 2.45) is 11.7 Å². The van der Waals surface area contributed by atoms with E-state index in [0.29, 0.717) is 12.3 Å². The molecule has 0 saturated heterocycles. The standard InChI is InChI=1S/C12H21N3O2/c1-8(2)5-10(12(16)17-4)15-7-14-6-11(15)9(3)13/h6-10H,5,13H2,1-4H3/t9-,10?/m1/s1. The van der Waals surface area contributed by atoms with Crippen molar-refractivity contribution in [1.29, 1.82) is 0 Å². The maximum atomic E-state index is 11.8. The number of imidazole rings is 1. The number of nitrogens with zero attached hydrogens (tertiary/aromatic N) is 2. The lowest BCUT2D eigenvalue weighted by molar-refractivity contribution is -0.145. The Morgan fingerprint density at radius 1 is 1.53 bits per heavy atom. The molecule has 0 bridgehead atoms. The van der Waals surface area contributed by atoms with Gasteiger partial charge in [-0.2, -0.15) is 0 Å². The number of carbonyl (C=O) groups is 1. The molecule has 1 rings (SSSR count). The zero-order valence-electron chi connectivity index (χ0n) is 10.9. The van der Waals surface area contributed by atoms with Crippen molar-refractivity contribution < 1.29 is 9.53 Å². The maximum absolute atomic E-state index is 11.8. The van der Waals surface area contributed by atoms with Crippen LogP contribution in [0.2, 0.25) is 0 Å². The Morgan fingerprint density at radius 3 is 2.65 bits per heavy atom. The van der Waals surface area contributed by atoms with Crippen LogP contribution in [0.5, 0.6) is 0 Å². The average molecular weight is 239 g/mol. The molecule has 0 aliphatic rings. The van der Waals surface area contributed by atoms with E-state index in [-0.39, 0.29) is 18.1 Å². The van der Waals surface area contributed by atoms with E-state index in [1.807, 2.05) is 11.5 Å². The fourth-order valence-corrected chi connectivity index (χ4v) is 1.83. The van der Waals surface area contributed by atoms with Crippen molar-refractivity contribution in [2.45, 2.75) is 39.3 Å². The SMILES string of the molecule is COC(=O)C(CC(C)C)n1cncc1[C@@H](C)N. The number of hydrogen-bond acceptors (Lipinski definition) is 4. The molecule has 0 radical (unpaired) electrons. The minimum atomic E-state index is -0.344. The molecule has 2 N–H and O–H groups in total. The molecule has 0 aromatic carbocycles. The lowest BCUT2D eigenvalue weighted by atomic mass is 10.0. The topological polar surface area (TPSA) is 70.1 Å². The molecule has 1 unspecified atom stereocenters. The fourth-order valence-electron chi connectivity index (χ4n) is 1.83. The summed E-state index contributed by atoms with van der Waals surface area (Å²) in [6.07, 6.45) is 4.05. The highest BCUT2D eigenvalue weighted by Crippen LogP contribution is 2.23. The second-order valence-electron chi connectivity index (χ2n) is 4.68. The molecule has 0 aliphatic heterocycles. The van der Waals surface area contributed by atoms with Crippen LogP contribution in [0.25, 0.3) is 0 Å². The number of aromatic nitrogens is 2. The van der Waals surface area contributed by atoms with E-state index in [2.05, 4.69) is 18.8 Å². The highest BCUT2D eigenvalue weighted by Gasteiger charge is 2.25. The van der Waals surface area contributed by atoms with E-state index in [1.54, 1.807) is 12.5 Å². The van der Waals surface area contributed by atoms with Crippen molar-refractivity contribution in [3.05, 3.63) is 18.2 Å². The monoisotopic (exact) mass is 239 g/mol. The van der Waals surface area contributed by atoms with Crippen molar-refractivity contribution in [3.8, 4) is 0 Å². The second kappa shape index (κ2) is 5.82. The first-order chi connectivity index (χ1) is 7.97. The Bertz CT molecular complexity index is 372. The third-order valence-electron chi connectivity index (χ3n) is 2.67. The summed E-state index contributed by atoms with van der Waals surface area (Å²) >= 11 is 0. The highest BCUT2D eigenvalue weighted by atomic mass is 16.5. The van der Waals surface area contributed by atoms with E-state index >= 15 is 0 Å². The summed E-state index contributed by atoms with van der Waals surface area (Å²) in [6.45, 7) is 6.01. The average Bonchev–Trinajstić information content (AvgIpc) is 2.73. The predicted molar refractivity (Wildman–Crippen MR) is 65.3 cm³/mol. The molecule has 1 aromatic heterocycles. The Kier molecular flexibility index (Phi) is 4.69. The highest BCUT2D eigenvalue weighted by molar-refractivity contribution is 5.74. The Balaban J connectivity index is 3.03. The summed E-state index contributed by atoms with van der Waals surface area (Å²) in [7, 11) is 1.40. The second-order valence-corrected chi connectivity index (χ2v) is 4.68. The van der Waals surface area contributed by atoms with E-state index in [1.165, 1.54) is 7.11 Å². The first-order valence-electron chi connectivity index (χ1n) is 5.82. The van der Waals surface area contributed by atoms with Crippen LogP contribution < -0.4 is 5.73 Å². The van der Waals surface area contributed by atoms with Crippen LogP contribution in [0.3, 0.4) is 0 Å². The molecular formula is C12H21N3O2. The smallest absolute Gasteiger partial charge is 0.328 e. The van der Waals surface area contributed by atoms with Crippen LogP contribution >= 0.6 is 0 Å². The molecule has 17 heavy (non-hydrogen) atoms.